The summed E-state index contributed by atoms with van der Waals surface area (Å²) in [6, 6.07) is 15.9. The van der Waals surface area contributed by atoms with Crippen LogP contribution in [0.3, 0.4) is 0 Å². The van der Waals surface area contributed by atoms with Gasteiger partial charge in [-0.1, -0.05) is 53.5 Å². The van der Waals surface area contributed by atoms with Gasteiger partial charge in [-0.3, -0.25) is 9.88 Å². The first kappa shape index (κ1) is 21.1. The van der Waals surface area contributed by atoms with Crippen LogP contribution in [0.25, 0.3) is 0 Å². The van der Waals surface area contributed by atoms with E-state index in [1.54, 1.807) is 6.07 Å². The van der Waals surface area contributed by atoms with Crippen LogP contribution in [0.15, 0.2) is 53.3 Å². The smallest absolute Gasteiger partial charge is 0.340 e. The van der Waals surface area contributed by atoms with Crippen LogP contribution in [0.1, 0.15) is 48.9 Å². The number of ether oxygens (including phenoxy) is 1. The van der Waals surface area contributed by atoms with Crippen LogP contribution >= 0.6 is 23.2 Å². The molecule has 3 atom stereocenters. The fourth-order valence-corrected chi connectivity index (χ4v) is 4.69. The monoisotopic (exact) mass is 446 g/mol. The quantitative estimate of drug-likeness (QED) is 0.565. The van der Waals surface area contributed by atoms with Crippen LogP contribution < -0.4 is 5.69 Å². The number of halogens is 2. The van der Waals surface area contributed by atoms with Crippen molar-refractivity contribution >= 4 is 23.2 Å². The van der Waals surface area contributed by atoms with Crippen molar-refractivity contribution in [2.24, 2.45) is 0 Å². The molecule has 158 valence electrons. The summed E-state index contributed by atoms with van der Waals surface area (Å²) >= 11 is 12.4. The van der Waals surface area contributed by atoms with Gasteiger partial charge in [-0.05, 0) is 55.6 Å². The normalized spacial score (nSPS) is 20.9. The predicted octanol–water partition coefficient (Wildman–Crippen LogP) is 4.89. The Bertz CT molecular complexity index is 1020. The summed E-state index contributed by atoms with van der Waals surface area (Å²) in [6.45, 7) is 3.45. The molecule has 3 aromatic rings. The largest absolute Gasteiger partial charge is 0.369 e. The standard InChI is InChI=1S/C22H24Cl2N4O2/c1-14(16-10-17(23)12-18(24)11-16)30-19-8-5-9-28(13-20-25-22(29)27-26-20)21(19)15-6-3-2-4-7-15/h2-4,6-7,10-12,14,19,21H,5,8-9,13H2,1H3,(H2,25,26,27,29)/t14-,19-,21-/m0/s1. The van der Waals surface area contributed by atoms with Crippen molar-refractivity contribution in [1.82, 2.24) is 20.1 Å². The molecule has 0 unspecified atom stereocenters. The van der Waals surface area contributed by atoms with Gasteiger partial charge >= 0.3 is 5.69 Å². The molecule has 30 heavy (non-hydrogen) atoms. The number of nitrogens with zero attached hydrogens (tertiary/aromatic N) is 2. The van der Waals surface area contributed by atoms with E-state index in [-0.39, 0.29) is 23.9 Å². The van der Waals surface area contributed by atoms with E-state index in [9.17, 15) is 4.79 Å². The van der Waals surface area contributed by atoms with Crippen molar-refractivity contribution < 1.29 is 4.74 Å². The molecule has 6 nitrogen and oxygen atoms in total. The highest BCUT2D eigenvalue weighted by atomic mass is 35.5. The molecular weight excluding hydrogens is 423 g/mol. The van der Waals surface area contributed by atoms with Crippen LogP contribution in [0.4, 0.5) is 0 Å². The number of rotatable bonds is 6. The van der Waals surface area contributed by atoms with E-state index in [4.69, 9.17) is 27.9 Å². The van der Waals surface area contributed by atoms with Gasteiger partial charge in [0.05, 0.1) is 24.8 Å². The van der Waals surface area contributed by atoms with Crippen molar-refractivity contribution in [2.75, 3.05) is 6.54 Å². The Morgan fingerprint density at radius 1 is 1.20 bits per heavy atom. The Balaban J connectivity index is 1.60. The van der Waals surface area contributed by atoms with Crippen molar-refractivity contribution in [3.63, 3.8) is 0 Å². The van der Waals surface area contributed by atoms with Gasteiger partial charge in [0.15, 0.2) is 0 Å². The minimum Gasteiger partial charge on any atom is -0.369 e. The van der Waals surface area contributed by atoms with Crippen LogP contribution in [-0.4, -0.2) is 32.7 Å². The molecule has 2 aromatic carbocycles. The maximum absolute atomic E-state index is 11.5. The number of benzene rings is 2. The molecule has 0 amide bonds. The lowest BCUT2D eigenvalue weighted by atomic mass is 9.92. The Morgan fingerprint density at radius 3 is 2.60 bits per heavy atom. The Labute approximate surface area is 185 Å². The fourth-order valence-electron chi connectivity index (χ4n) is 4.15. The van der Waals surface area contributed by atoms with Gasteiger partial charge in [0.2, 0.25) is 0 Å². The van der Waals surface area contributed by atoms with Crippen LogP contribution in [-0.2, 0) is 11.3 Å². The van der Waals surface area contributed by atoms with Gasteiger partial charge in [-0.15, -0.1) is 0 Å². The SMILES string of the molecule is C[C@H](O[C@H]1CCCN(Cc2n[nH]c(=O)[nH]2)[C@H]1c1ccccc1)c1cc(Cl)cc(Cl)c1. The maximum atomic E-state index is 11.5. The van der Waals surface area contributed by atoms with Gasteiger partial charge < -0.3 is 4.74 Å². The van der Waals surface area contributed by atoms with Crippen LogP contribution in [0.2, 0.25) is 10.0 Å². The Morgan fingerprint density at radius 2 is 1.93 bits per heavy atom. The number of piperidine rings is 1. The number of nitrogens with one attached hydrogen (secondary N) is 2. The van der Waals surface area contributed by atoms with E-state index >= 15 is 0 Å². The van der Waals surface area contributed by atoms with E-state index in [1.807, 2.05) is 37.3 Å². The number of aromatic amines is 2. The van der Waals surface area contributed by atoms with Crippen molar-refractivity contribution in [3.05, 3.63) is 86.0 Å². The molecule has 0 radical (unpaired) electrons. The van der Waals surface area contributed by atoms with Gasteiger partial charge in [0.25, 0.3) is 0 Å². The maximum Gasteiger partial charge on any atom is 0.340 e. The van der Waals surface area contributed by atoms with Crippen LogP contribution in [0.5, 0.6) is 0 Å². The second kappa shape index (κ2) is 9.35. The highest BCUT2D eigenvalue weighted by Crippen LogP contribution is 2.37. The minimum atomic E-state index is -0.294. The summed E-state index contributed by atoms with van der Waals surface area (Å²) < 4.78 is 6.57. The van der Waals surface area contributed by atoms with E-state index in [0.29, 0.717) is 22.4 Å². The number of hydrogen-bond acceptors (Lipinski definition) is 4. The molecule has 1 aliphatic rings. The first-order chi connectivity index (χ1) is 14.5. The molecule has 2 heterocycles. The predicted molar refractivity (Wildman–Crippen MR) is 118 cm³/mol. The first-order valence-corrected chi connectivity index (χ1v) is 10.8. The third kappa shape index (κ3) is 4.95. The first-order valence-electron chi connectivity index (χ1n) is 10.0. The minimum absolute atomic E-state index is 0.0282. The summed E-state index contributed by atoms with van der Waals surface area (Å²) in [5, 5.41) is 7.73. The molecule has 1 aromatic heterocycles. The van der Waals surface area contributed by atoms with E-state index in [1.165, 1.54) is 5.56 Å². The molecule has 1 fully saturated rings. The van der Waals surface area contributed by atoms with E-state index in [0.717, 1.165) is 24.9 Å². The molecule has 1 aliphatic heterocycles. The number of H-pyrrole nitrogens is 2. The molecule has 4 rings (SSSR count). The average Bonchev–Trinajstić information content (AvgIpc) is 3.13. The van der Waals surface area contributed by atoms with E-state index < -0.39 is 0 Å². The number of aromatic nitrogens is 3. The highest BCUT2D eigenvalue weighted by Gasteiger charge is 2.35. The lowest BCUT2D eigenvalue weighted by Crippen LogP contribution is -2.43. The highest BCUT2D eigenvalue weighted by molar-refractivity contribution is 6.34. The fraction of sp³-hybridized carbons (Fsp3) is 0.364. The Kier molecular flexibility index (Phi) is 6.58. The molecule has 2 N–H and O–H groups in total. The molecule has 1 saturated heterocycles. The topological polar surface area (TPSA) is 74.0 Å². The summed E-state index contributed by atoms with van der Waals surface area (Å²) in [7, 11) is 0. The van der Waals surface area contributed by atoms with Gasteiger partial charge in [-0.25, -0.2) is 9.89 Å². The zero-order valence-electron chi connectivity index (χ0n) is 16.6. The lowest BCUT2D eigenvalue weighted by Gasteiger charge is -2.42. The van der Waals surface area contributed by atoms with E-state index in [2.05, 4.69) is 32.2 Å². The lowest BCUT2D eigenvalue weighted by molar-refractivity contribution is -0.0808. The van der Waals surface area contributed by atoms with Crippen molar-refractivity contribution in [3.8, 4) is 0 Å². The molecule has 0 saturated carbocycles. The summed E-state index contributed by atoms with van der Waals surface area (Å²) in [4.78, 5) is 16.5. The Hall–Kier alpha value is -2.12. The third-order valence-electron chi connectivity index (χ3n) is 5.46. The molecule has 0 bridgehead atoms. The summed E-state index contributed by atoms with van der Waals surface area (Å²) in [6.07, 6.45) is 1.74. The molecule has 0 aliphatic carbocycles. The van der Waals surface area contributed by atoms with Crippen LogP contribution in [0, 0.1) is 0 Å². The van der Waals surface area contributed by atoms with Gasteiger partial charge in [0, 0.05) is 10.0 Å². The van der Waals surface area contributed by atoms with Crippen molar-refractivity contribution in [1.29, 1.82) is 0 Å². The zero-order valence-corrected chi connectivity index (χ0v) is 18.2. The summed E-state index contributed by atoms with van der Waals surface area (Å²) in [5.74, 6) is 0.622. The second-order valence-electron chi connectivity index (χ2n) is 7.61. The van der Waals surface area contributed by atoms with Gasteiger partial charge in [0.1, 0.15) is 5.82 Å². The number of likely N-dealkylation sites (tertiary alicyclic amines) is 1. The zero-order chi connectivity index (χ0) is 21.1. The molecule has 0 spiro atoms. The molecular formula is C22H24Cl2N4O2. The molecule has 8 heteroatoms. The van der Waals surface area contributed by atoms with Gasteiger partial charge in [-0.2, -0.15) is 5.10 Å². The average molecular weight is 447 g/mol. The number of hydrogen-bond donors (Lipinski definition) is 2. The summed E-state index contributed by atoms with van der Waals surface area (Å²) in [5.41, 5.74) is 1.84. The van der Waals surface area contributed by atoms with Crippen molar-refractivity contribution in [2.45, 2.75) is 44.6 Å². The second-order valence-corrected chi connectivity index (χ2v) is 8.49. The third-order valence-corrected chi connectivity index (χ3v) is 5.89.